The van der Waals surface area contributed by atoms with E-state index in [1.165, 1.54) is 4.90 Å². The average molecular weight is 294 g/mol. The van der Waals surface area contributed by atoms with Crippen LogP contribution in [-0.2, 0) is 4.79 Å². The molecule has 1 aromatic heterocycles. The minimum absolute atomic E-state index is 0.0199. The highest BCUT2D eigenvalue weighted by Crippen LogP contribution is 2.31. The molecule has 0 bridgehead atoms. The molecule has 1 saturated heterocycles. The van der Waals surface area contributed by atoms with Crippen LogP contribution < -0.4 is 10.6 Å². The molecule has 2 heterocycles. The first-order valence-electron chi connectivity index (χ1n) is 6.35. The zero-order valence-electron chi connectivity index (χ0n) is 11.1. The maximum absolute atomic E-state index is 11.5. The van der Waals surface area contributed by atoms with Gasteiger partial charge in [0.15, 0.2) is 0 Å². The first-order chi connectivity index (χ1) is 9.91. The van der Waals surface area contributed by atoms with Crippen LogP contribution in [0.4, 0.5) is 11.5 Å². The minimum atomic E-state index is -1.30. The number of primary amides is 1. The number of anilines is 1. The van der Waals surface area contributed by atoms with Crippen LogP contribution in [0, 0.1) is 10.1 Å². The van der Waals surface area contributed by atoms with Gasteiger partial charge in [-0.1, -0.05) is 0 Å². The van der Waals surface area contributed by atoms with E-state index in [1.807, 2.05) is 0 Å². The van der Waals surface area contributed by atoms with E-state index in [0.29, 0.717) is 13.0 Å². The molecule has 3 N–H and O–H groups in total. The van der Waals surface area contributed by atoms with Gasteiger partial charge in [-0.05, 0) is 19.3 Å². The number of piperidine rings is 1. The van der Waals surface area contributed by atoms with Crippen LogP contribution in [0.15, 0.2) is 12.3 Å². The second kappa shape index (κ2) is 5.73. The molecule has 112 valence electrons. The SMILES string of the molecule is NC(=O)C1CCCCN1c1ncc(C(=O)O)cc1[N+](=O)[O-]. The van der Waals surface area contributed by atoms with Gasteiger partial charge in [-0.25, -0.2) is 9.78 Å². The van der Waals surface area contributed by atoms with E-state index in [1.54, 1.807) is 0 Å². The molecule has 1 amide bonds. The summed E-state index contributed by atoms with van der Waals surface area (Å²) in [6.45, 7) is 0.411. The summed E-state index contributed by atoms with van der Waals surface area (Å²) in [5.41, 5.74) is 4.61. The molecule has 1 aliphatic rings. The fraction of sp³-hybridized carbons (Fsp3) is 0.417. The Bertz CT molecular complexity index is 603. The number of hydrogen-bond acceptors (Lipinski definition) is 6. The van der Waals surface area contributed by atoms with Gasteiger partial charge in [0.2, 0.25) is 11.7 Å². The molecule has 21 heavy (non-hydrogen) atoms. The van der Waals surface area contributed by atoms with Crippen LogP contribution in [0.5, 0.6) is 0 Å². The predicted octanol–water partition coefficient (Wildman–Crippen LogP) is 0.532. The van der Waals surface area contributed by atoms with Crippen molar-refractivity contribution >= 4 is 23.4 Å². The van der Waals surface area contributed by atoms with E-state index in [0.717, 1.165) is 25.1 Å². The lowest BCUT2D eigenvalue weighted by atomic mass is 10.0. The normalized spacial score (nSPS) is 18.3. The maximum Gasteiger partial charge on any atom is 0.337 e. The molecule has 0 radical (unpaired) electrons. The Labute approximate surface area is 119 Å². The van der Waals surface area contributed by atoms with Crippen molar-refractivity contribution in [3.63, 3.8) is 0 Å². The Morgan fingerprint density at radius 1 is 1.48 bits per heavy atom. The van der Waals surface area contributed by atoms with Gasteiger partial charge in [-0.2, -0.15) is 0 Å². The Hall–Kier alpha value is -2.71. The van der Waals surface area contributed by atoms with Crippen molar-refractivity contribution in [2.75, 3.05) is 11.4 Å². The Balaban J connectivity index is 2.48. The Kier molecular flexibility index (Phi) is 4.01. The number of rotatable bonds is 4. The van der Waals surface area contributed by atoms with Gasteiger partial charge in [0.25, 0.3) is 0 Å². The molecule has 1 unspecified atom stereocenters. The van der Waals surface area contributed by atoms with Crippen molar-refractivity contribution in [3.05, 3.63) is 27.9 Å². The monoisotopic (exact) mass is 294 g/mol. The molecule has 0 saturated carbocycles. The molecule has 1 fully saturated rings. The standard InChI is InChI=1S/C12H14N4O5/c13-10(17)8-3-1-2-4-15(8)11-9(16(20)21)5-7(6-14-11)12(18)19/h5-6,8H,1-4H2,(H2,13,17)(H,18,19). The molecule has 0 spiro atoms. The predicted molar refractivity (Wildman–Crippen MR) is 72.0 cm³/mol. The molecule has 9 heteroatoms. The van der Waals surface area contributed by atoms with Gasteiger partial charge in [-0.3, -0.25) is 14.9 Å². The summed E-state index contributed by atoms with van der Waals surface area (Å²) in [6.07, 6.45) is 3.08. The first kappa shape index (κ1) is 14.7. The molecule has 9 nitrogen and oxygen atoms in total. The summed E-state index contributed by atoms with van der Waals surface area (Å²) < 4.78 is 0. The number of carboxylic acids is 1. The topological polar surface area (TPSA) is 140 Å². The van der Waals surface area contributed by atoms with Crippen LogP contribution >= 0.6 is 0 Å². The third-order valence-corrected chi connectivity index (χ3v) is 3.39. The summed E-state index contributed by atoms with van der Waals surface area (Å²) in [5.74, 6) is -1.90. The largest absolute Gasteiger partial charge is 0.478 e. The van der Waals surface area contributed by atoms with Gasteiger partial charge in [0.1, 0.15) is 6.04 Å². The zero-order chi connectivity index (χ0) is 15.6. The number of nitrogens with zero attached hydrogens (tertiary/aromatic N) is 3. The fourth-order valence-corrected chi connectivity index (χ4v) is 2.40. The molecular weight excluding hydrogens is 280 g/mol. The van der Waals surface area contributed by atoms with Gasteiger partial charge in [0.05, 0.1) is 10.5 Å². The highest BCUT2D eigenvalue weighted by atomic mass is 16.6. The first-order valence-corrected chi connectivity index (χ1v) is 6.35. The van der Waals surface area contributed by atoms with Gasteiger partial charge >= 0.3 is 11.7 Å². The van der Waals surface area contributed by atoms with Gasteiger partial charge in [-0.15, -0.1) is 0 Å². The van der Waals surface area contributed by atoms with E-state index in [2.05, 4.69) is 4.98 Å². The second-order valence-electron chi connectivity index (χ2n) is 4.74. The van der Waals surface area contributed by atoms with Crippen molar-refractivity contribution in [2.24, 2.45) is 5.73 Å². The van der Waals surface area contributed by atoms with Gasteiger partial charge < -0.3 is 15.7 Å². The lowest BCUT2D eigenvalue weighted by Crippen LogP contribution is -2.48. The number of nitrogens with two attached hydrogens (primary N) is 1. The molecule has 1 aliphatic heterocycles. The average Bonchev–Trinajstić information content (AvgIpc) is 2.46. The van der Waals surface area contributed by atoms with E-state index in [-0.39, 0.29) is 11.4 Å². The highest BCUT2D eigenvalue weighted by Gasteiger charge is 2.33. The van der Waals surface area contributed by atoms with E-state index >= 15 is 0 Å². The van der Waals surface area contributed by atoms with Crippen molar-refractivity contribution in [1.29, 1.82) is 0 Å². The van der Waals surface area contributed by atoms with E-state index < -0.39 is 28.5 Å². The number of carbonyl (C=O) groups excluding carboxylic acids is 1. The summed E-state index contributed by atoms with van der Waals surface area (Å²) in [4.78, 5) is 38.2. The minimum Gasteiger partial charge on any atom is -0.478 e. The third kappa shape index (κ3) is 2.91. The Morgan fingerprint density at radius 2 is 2.19 bits per heavy atom. The number of pyridine rings is 1. The van der Waals surface area contributed by atoms with Crippen LogP contribution in [0.1, 0.15) is 29.6 Å². The van der Waals surface area contributed by atoms with Gasteiger partial charge in [0, 0.05) is 18.8 Å². The number of carboxylic acid groups (broad SMARTS) is 1. The Morgan fingerprint density at radius 3 is 2.76 bits per heavy atom. The quantitative estimate of drug-likeness (QED) is 0.609. The van der Waals surface area contributed by atoms with E-state index in [4.69, 9.17) is 10.8 Å². The number of carbonyl (C=O) groups is 2. The zero-order valence-corrected chi connectivity index (χ0v) is 11.1. The number of hydrogen-bond donors (Lipinski definition) is 2. The van der Waals surface area contributed by atoms with Crippen molar-refractivity contribution in [2.45, 2.75) is 25.3 Å². The summed E-state index contributed by atoms with van der Waals surface area (Å²) in [6, 6.07) is 0.276. The molecule has 1 atom stereocenters. The lowest BCUT2D eigenvalue weighted by molar-refractivity contribution is -0.384. The van der Waals surface area contributed by atoms with Crippen molar-refractivity contribution in [1.82, 2.24) is 4.98 Å². The van der Waals surface area contributed by atoms with E-state index in [9.17, 15) is 19.7 Å². The molecular formula is C12H14N4O5. The highest BCUT2D eigenvalue weighted by molar-refractivity contribution is 5.89. The van der Waals surface area contributed by atoms with Crippen LogP contribution in [0.25, 0.3) is 0 Å². The summed E-state index contributed by atoms with van der Waals surface area (Å²) in [7, 11) is 0. The number of aromatic carboxylic acids is 1. The molecule has 2 rings (SSSR count). The van der Waals surface area contributed by atoms with Crippen molar-refractivity contribution < 1.29 is 19.6 Å². The third-order valence-electron chi connectivity index (χ3n) is 3.39. The van der Waals surface area contributed by atoms with Crippen LogP contribution in [-0.4, -0.2) is 39.5 Å². The summed E-state index contributed by atoms with van der Waals surface area (Å²) >= 11 is 0. The number of amides is 1. The summed E-state index contributed by atoms with van der Waals surface area (Å²) in [5, 5.41) is 20.0. The van der Waals surface area contributed by atoms with Crippen LogP contribution in [0.2, 0.25) is 0 Å². The fourth-order valence-electron chi connectivity index (χ4n) is 2.40. The smallest absolute Gasteiger partial charge is 0.337 e. The molecule has 1 aromatic rings. The maximum atomic E-state index is 11.5. The second-order valence-corrected chi connectivity index (χ2v) is 4.74. The number of nitro groups is 1. The van der Waals surface area contributed by atoms with Crippen LogP contribution in [0.3, 0.4) is 0 Å². The number of aromatic nitrogens is 1. The lowest BCUT2D eigenvalue weighted by Gasteiger charge is -2.34. The molecule has 0 aliphatic carbocycles. The molecule has 0 aromatic carbocycles. The van der Waals surface area contributed by atoms with Crippen molar-refractivity contribution in [3.8, 4) is 0 Å².